The second-order valence-corrected chi connectivity index (χ2v) is 8.67. The van der Waals surface area contributed by atoms with Crippen molar-refractivity contribution < 1.29 is 13.2 Å². The third-order valence-corrected chi connectivity index (χ3v) is 6.76. The van der Waals surface area contributed by atoms with Gasteiger partial charge in [0.2, 0.25) is 0 Å². The number of methoxy groups -OCH3 is 1. The number of hydrogen-bond donors (Lipinski definition) is 1. The molecule has 0 saturated carbocycles. The number of fused-ring (bicyclic) bond motifs is 1. The van der Waals surface area contributed by atoms with Crippen LogP contribution in [0.25, 0.3) is 10.2 Å². The Labute approximate surface area is 134 Å². The van der Waals surface area contributed by atoms with Crippen molar-refractivity contribution in [1.29, 1.82) is 0 Å². The van der Waals surface area contributed by atoms with E-state index < -0.39 is 10.0 Å². The quantitative estimate of drug-likeness (QED) is 0.767. The fourth-order valence-corrected chi connectivity index (χ4v) is 5.29. The lowest BCUT2D eigenvalue weighted by Crippen LogP contribution is -2.10. The van der Waals surface area contributed by atoms with Crippen molar-refractivity contribution in [3.05, 3.63) is 34.7 Å². The molecule has 0 unspecified atom stereocenters. The van der Waals surface area contributed by atoms with Crippen molar-refractivity contribution in [3.63, 3.8) is 0 Å². The molecule has 5 nitrogen and oxygen atoms in total. The first-order valence-electron chi connectivity index (χ1n) is 5.71. The molecule has 2 heterocycles. The maximum Gasteiger partial charge on any atom is 0.273 e. The van der Waals surface area contributed by atoms with Gasteiger partial charge in [-0.3, -0.25) is 4.72 Å². The second kappa shape index (κ2) is 5.45. The molecule has 21 heavy (non-hydrogen) atoms. The molecule has 0 bridgehead atoms. The minimum atomic E-state index is -3.66. The predicted octanol–water partition coefficient (Wildman–Crippen LogP) is 3.82. The van der Waals surface area contributed by atoms with E-state index in [1.54, 1.807) is 25.3 Å². The summed E-state index contributed by atoms with van der Waals surface area (Å²) in [6.07, 6.45) is 0. The van der Waals surface area contributed by atoms with Crippen molar-refractivity contribution in [2.45, 2.75) is 4.21 Å². The third-order valence-electron chi connectivity index (χ3n) is 2.63. The van der Waals surface area contributed by atoms with Crippen molar-refractivity contribution in [1.82, 2.24) is 4.98 Å². The molecule has 0 atom stereocenters. The second-order valence-electron chi connectivity index (χ2n) is 4.02. The fourth-order valence-electron chi connectivity index (χ4n) is 1.68. The van der Waals surface area contributed by atoms with E-state index in [9.17, 15) is 8.42 Å². The molecule has 0 aliphatic heterocycles. The number of aromatic nitrogens is 1. The van der Waals surface area contributed by atoms with Crippen LogP contribution in [0, 0.1) is 0 Å². The van der Waals surface area contributed by atoms with Crippen LogP contribution in [-0.4, -0.2) is 20.5 Å². The summed E-state index contributed by atoms with van der Waals surface area (Å²) in [5, 5.41) is 0.308. The Balaban J connectivity index is 1.94. The van der Waals surface area contributed by atoms with Gasteiger partial charge in [0.05, 0.1) is 21.7 Å². The van der Waals surface area contributed by atoms with E-state index in [0.717, 1.165) is 16.0 Å². The number of nitrogens with one attached hydrogen (secondary N) is 1. The summed E-state index contributed by atoms with van der Waals surface area (Å²) < 4.78 is 33.4. The van der Waals surface area contributed by atoms with Crippen LogP contribution in [0.3, 0.4) is 0 Å². The van der Waals surface area contributed by atoms with Gasteiger partial charge in [0, 0.05) is 0 Å². The SMILES string of the molecule is COc1ccc2nc(NS(=O)(=O)c3ccc(Cl)s3)sc2c1. The van der Waals surface area contributed by atoms with Gasteiger partial charge in [-0.25, -0.2) is 13.4 Å². The third kappa shape index (κ3) is 2.98. The minimum Gasteiger partial charge on any atom is -0.497 e. The molecular weight excluding hydrogens is 352 g/mol. The Kier molecular flexibility index (Phi) is 3.78. The normalized spacial score (nSPS) is 11.7. The summed E-state index contributed by atoms with van der Waals surface area (Å²) in [6.45, 7) is 0. The molecule has 0 spiro atoms. The largest absolute Gasteiger partial charge is 0.497 e. The lowest BCUT2D eigenvalue weighted by Gasteiger charge is -2.00. The van der Waals surface area contributed by atoms with Crippen LogP contribution in [-0.2, 0) is 10.0 Å². The van der Waals surface area contributed by atoms with Gasteiger partial charge in [0.15, 0.2) is 5.13 Å². The molecule has 3 aromatic rings. The van der Waals surface area contributed by atoms with Crippen LogP contribution < -0.4 is 9.46 Å². The fraction of sp³-hybridized carbons (Fsp3) is 0.0833. The molecule has 1 N–H and O–H groups in total. The molecule has 1 aromatic carbocycles. The van der Waals surface area contributed by atoms with E-state index >= 15 is 0 Å². The lowest BCUT2D eigenvalue weighted by atomic mass is 10.3. The van der Waals surface area contributed by atoms with E-state index in [0.29, 0.717) is 20.7 Å². The number of halogens is 1. The summed E-state index contributed by atoms with van der Waals surface area (Å²) in [7, 11) is -2.08. The zero-order chi connectivity index (χ0) is 15.0. The van der Waals surface area contributed by atoms with Crippen LogP contribution in [0.5, 0.6) is 5.75 Å². The standard InChI is InChI=1S/C12H9ClN2O3S3/c1-18-7-2-3-8-9(6-7)19-12(14-8)15-21(16,17)11-5-4-10(13)20-11/h2-6H,1H3,(H,14,15). The van der Waals surface area contributed by atoms with E-state index in [4.69, 9.17) is 16.3 Å². The van der Waals surface area contributed by atoms with E-state index in [1.807, 2.05) is 6.07 Å². The number of anilines is 1. The minimum absolute atomic E-state index is 0.157. The van der Waals surface area contributed by atoms with Gasteiger partial charge in [-0.2, -0.15) is 0 Å². The summed E-state index contributed by atoms with van der Waals surface area (Å²) in [5.74, 6) is 0.700. The van der Waals surface area contributed by atoms with Gasteiger partial charge >= 0.3 is 0 Å². The Bertz CT molecular complexity index is 902. The Morgan fingerprint density at radius 3 is 2.71 bits per heavy atom. The van der Waals surface area contributed by atoms with Crippen LogP contribution in [0.1, 0.15) is 0 Å². The van der Waals surface area contributed by atoms with Crippen molar-refractivity contribution in [2.24, 2.45) is 0 Å². The number of ether oxygens (including phenoxy) is 1. The Morgan fingerprint density at radius 1 is 1.24 bits per heavy atom. The molecular formula is C12H9ClN2O3S3. The van der Waals surface area contributed by atoms with Gasteiger partial charge in [0.1, 0.15) is 9.96 Å². The Hall–Kier alpha value is -1.35. The van der Waals surface area contributed by atoms with Crippen LogP contribution in [0.2, 0.25) is 4.34 Å². The van der Waals surface area contributed by atoms with Crippen molar-refractivity contribution in [2.75, 3.05) is 11.8 Å². The maximum absolute atomic E-state index is 12.2. The van der Waals surface area contributed by atoms with E-state index in [2.05, 4.69) is 9.71 Å². The molecule has 0 radical (unpaired) electrons. The first-order valence-corrected chi connectivity index (χ1v) is 9.20. The zero-order valence-electron chi connectivity index (χ0n) is 10.7. The van der Waals surface area contributed by atoms with Gasteiger partial charge in [0.25, 0.3) is 10.0 Å². The molecule has 3 rings (SSSR count). The molecule has 0 amide bonds. The van der Waals surface area contributed by atoms with Crippen LogP contribution in [0.15, 0.2) is 34.5 Å². The smallest absolute Gasteiger partial charge is 0.273 e. The number of nitrogens with zero attached hydrogens (tertiary/aromatic N) is 1. The number of sulfonamides is 1. The highest BCUT2D eigenvalue weighted by Crippen LogP contribution is 2.32. The van der Waals surface area contributed by atoms with E-state index in [-0.39, 0.29) is 4.21 Å². The lowest BCUT2D eigenvalue weighted by molar-refractivity contribution is 0.415. The number of thiazole rings is 1. The average Bonchev–Trinajstić information content (AvgIpc) is 3.03. The number of hydrogen-bond acceptors (Lipinski definition) is 6. The highest BCUT2D eigenvalue weighted by atomic mass is 35.5. The molecule has 9 heteroatoms. The summed E-state index contributed by atoms with van der Waals surface area (Å²) >= 11 is 8.01. The molecule has 110 valence electrons. The van der Waals surface area contributed by atoms with Gasteiger partial charge < -0.3 is 4.74 Å². The number of benzene rings is 1. The molecule has 0 saturated heterocycles. The maximum atomic E-state index is 12.2. The van der Waals surface area contributed by atoms with Crippen molar-refractivity contribution >= 4 is 59.6 Å². The zero-order valence-corrected chi connectivity index (χ0v) is 13.9. The van der Waals surface area contributed by atoms with Crippen molar-refractivity contribution in [3.8, 4) is 5.75 Å². The summed E-state index contributed by atoms with van der Waals surface area (Å²) in [6, 6.07) is 8.38. The topological polar surface area (TPSA) is 68.3 Å². The molecule has 0 aliphatic rings. The first-order chi connectivity index (χ1) is 9.98. The Morgan fingerprint density at radius 2 is 2.05 bits per heavy atom. The molecule has 2 aromatic heterocycles. The van der Waals surface area contributed by atoms with Crippen LogP contribution >= 0.6 is 34.3 Å². The number of rotatable bonds is 4. The predicted molar refractivity (Wildman–Crippen MR) is 86.3 cm³/mol. The highest BCUT2D eigenvalue weighted by Gasteiger charge is 2.18. The number of thiophene rings is 1. The monoisotopic (exact) mass is 360 g/mol. The summed E-state index contributed by atoms with van der Waals surface area (Å²) in [5.41, 5.74) is 0.711. The molecule has 0 aliphatic carbocycles. The van der Waals surface area contributed by atoms with E-state index in [1.165, 1.54) is 17.4 Å². The van der Waals surface area contributed by atoms with Gasteiger partial charge in [-0.05, 0) is 30.3 Å². The summed E-state index contributed by atoms with van der Waals surface area (Å²) in [4.78, 5) is 4.25. The van der Waals surface area contributed by atoms with Crippen LogP contribution in [0.4, 0.5) is 5.13 Å². The highest BCUT2D eigenvalue weighted by molar-refractivity contribution is 7.95. The molecule has 0 fully saturated rings. The average molecular weight is 361 g/mol. The van der Waals surface area contributed by atoms with Gasteiger partial charge in [-0.1, -0.05) is 22.9 Å². The first kappa shape index (κ1) is 14.6. The van der Waals surface area contributed by atoms with Gasteiger partial charge in [-0.15, -0.1) is 11.3 Å².